The number of rotatable bonds is 6. The lowest BCUT2D eigenvalue weighted by Gasteiger charge is -2.38. The molecule has 1 aromatic carbocycles. The Morgan fingerprint density at radius 1 is 1.00 bits per heavy atom. The smallest absolute Gasteiger partial charge is 0.229 e. The quantitative estimate of drug-likeness (QED) is 0.589. The molecule has 5 rings (SSSR count). The number of anilines is 3. The van der Waals surface area contributed by atoms with E-state index in [2.05, 4.69) is 54.1 Å². The van der Waals surface area contributed by atoms with Gasteiger partial charge < -0.3 is 15.3 Å². The Bertz CT molecular complexity index is 1060. The third-order valence-corrected chi connectivity index (χ3v) is 6.73. The molecule has 1 aliphatic carbocycles. The molecular weight excluding hydrogens is 414 g/mol. The van der Waals surface area contributed by atoms with E-state index in [1.807, 2.05) is 26.2 Å². The van der Waals surface area contributed by atoms with Crippen LogP contribution in [0.5, 0.6) is 0 Å². The molecule has 2 fully saturated rings. The van der Waals surface area contributed by atoms with Crippen LogP contribution in [-0.2, 0) is 0 Å². The van der Waals surface area contributed by atoms with E-state index in [1.54, 1.807) is 0 Å². The van der Waals surface area contributed by atoms with Gasteiger partial charge in [0.1, 0.15) is 0 Å². The van der Waals surface area contributed by atoms with Crippen LogP contribution in [-0.4, -0.2) is 68.1 Å². The number of benzene rings is 1. The fourth-order valence-electron chi connectivity index (χ4n) is 5.08. The fourth-order valence-corrected chi connectivity index (χ4v) is 5.08. The van der Waals surface area contributed by atoms with Gasteiger partial charge in [-0.1, -0.05) is 19.3 Å². The number of fused-ring (bicyclic) bond motifs is 1. The first kappa shape index (κ1) is 22.1. The molecule has 33 heavy (non-hydrogen) atoms. The first-order valence-corrected chi connectivity index (χ1v) is 12.2. The Balaban J connectivity index is 1.23. The molecule has 176 valence electrons. The standard InChI is InChI=1S/C25H35N7O/c1-25(2,33)18-30-12-14-31(15-13-30)21-10-8-20(9-11-21)28-24-26-16-19-17-27-32(23(19)29-24)22-6-4-3-5-7-22/h8-11,16-17,22,33H,3-7,12-15,18H2,1-2H3,(H,26,28,29). The summed E-state index contributed by atoms with van der Waals surface area (Å²) >= 11 is 0. The highest BCUT2D eigenvalue weighted by atomic mass is 16.3. The van der Waals surface area contributed by atoms with Crippen LogP contribution < -0.4 is 10.2 Å². The maximum absolute atomic E-state index is 10.1. The Morgan fingerprint density at radius 2 is 1.73 bits per heavy atom. The van der Waals surface area contributed by atoms with Crippen molar-refractivity contribution in [3.8, 4) is 0 Å². The predicted octanol–water partition coefficient (Wildman–Crippen LogP) is 3.97. The minimum atomic E-state index is -0.644. The summed E-state index contributed by atoms with van der Waals surface area (Å²) in [4.78, 5) is 14.0. The molecule has 0 bridgehead atoms. The topological polar surface area (TPSA) is 82.3 Å². The van der Waals surface area contributed by atoms with Gasteiger partial charge in [0.2, 0.25) is 5.95 Å². The normalized spacial score (nSPS) is 18.7. The third kappa shape index (κ3) is 5.28. The second-order valence-electron chi connectivity index (χ2n) is 10.1. The first-order valence-electron chi connectivity index (χ1n) is 12.2. The number of hydrogen-bond acceptors (Lipinski definition) is 7. The second kappa shape index (κ2) is 9.27. The molecule has 0 unspecified atom stereocenters. The number of nitrogens with zero attached hydrogens (tertiary/aromatic N) is 6. The van der Waals surface area contributed by atoms with Gasteiger partial charge in [-0.2, -0.15) is 10.1 Å². The van der Waals surface area contributed by atoms with Crippen molar-refractivity contribution in [2.75, 3.05) is 42.9 Å². The Kier molecular flexibility index (Phi) is 6.21. The van der Waals surface area contributed by atoms with Crippen molar-refractivity contribution in [1.82, 2.24) is 24.6 Å². The minimum Gasteiger partial charge on any atom is -0.389 e. The molecule has 3 aromatic rings. The molecule has 1 saturated carbocycles. The molecular formula is C25H35N7O. The maximum Gasteiger partial charge on any atom is 0.229 e. The summed E-state index contributed by atoms with van der Waals surface area (Å²) in [7, 11) is 0. The van der Waals surface area contributed by atoms with Gasteiger partial charge in [0.25, 0.3) is 0 Å². The highest BCUT2D eigenvalue weighted by Gasteiger charge is 2.23. The summed E-state index contributed by atoms with van der Waals surface area (Å²) in [5, 5.41) is 19.0. The molecule has 2 aliphatic rings. The van der Waals surface area contributed by atoms with E-state index in [-0.39, 0.29) is 0 Å². The van der Waals surface area contributed by atoms with E-state index in [1.165, 1.54) is 37.8 Å². The lowest BCUT2D eigenvalue weighted by Crippen LogP contribution is -2.50. The summed E-state index contributed by atoms with van der Waals surface area (Å²) in [6, 6.07) is 8.93. The van der Waals surface area contributed by atoms with Crippen molar-refractivity contribution in [2.45, 2.75) is 57.6 Å². The van der Waals surface area contributed by atoms with Crippen molar-refractivity contribution < 1.29 is 5.11 Å². The number of aliphatic hydroxyl groups is 1. The zero-order valence-electron chi connectivity index (χ0n) is 19.7. The average molecular weight is 450 g/mol. The molecule has 0 atom stereocenters. The van der Waals surface area contributed by atoms with E-state index in [0.29, 0.717) is 18.5 Å². The lowest BCUT2D eigenvalue weighted by molar-refractivity contribution is 0.0345. The predicted molar refractivity (Wildman–Crippen MR) is 132 cm³/mol. The number of piperazine rings is 1. The monoisotopic (exact) mass is 449 g/mol. The van der Waals surface area contributed by atoms with Crippen LogP contribution in [0.15, 0.2) is 36.7 Å². The van der Waals surface area contributed by atoms with E-state index >= 15 is 0 Å². The first-order chi connectivity index (χ1) is 15.9. The van der Waals surface area contributed by atoms with Gasteiger partial charge in [0, 0.05) is 50.3 Å². The zero-order chi connectivity index (χ0) is 22.8. The van der Waals surface area contributed by atoms with E-state index in [9.17, 15) is 5.11 Å². The minimum absolute atomic E-state index is 0.446. The molecule has 0 radical (unpaired) electrons. The van der Waals surface area contributed by atoms with Crippen LogP contribution in [0.1, 0.15) is 52.0 Å². The molecule has 1 aliphatic heterocycles. The highest BCUT2D eigenvalue weighted by Crippen LogP contribution is 2.30. The van der Waals surface area contributed by atoms with Crippen LogP contribution in [0.25, 0.3) is 11.0 Å². The summed E-state index contributed by atoms with van der Waals surface area (Å²) < 4.78 is 2.10. The number of hydrogen-bond donors (Lipinski definition) is 2. The summed E-state index contributed by atoms with van der Waals surface area (Å²) in [5.41, 5.74) is 2.46. The van der Waals surface area contributed by atoms with Crippen molar-refractivity contribution >= 4 is 28.4 Å². The van der Waals surface area contributed by atoms with Crippen LogP contribution in [0.4, 0.5) is 17.3 Å². The zero-order valence-corrected chi connectivity index (χ0v) is 19.7. The molecule has 3 heterocycles. The van der Waals surface area contributed by atoms with E-state index in [4.69, 9.17) is 4.98 Å². The van der Waals surface area contributed by atoms with Gasteiger partial charge in [0.15, 0.2) is 5.65 Å². The molecule has 8 nitrogen and oxygen atoms in total. The van der Waals surface area contributed by atoms with Crippen molar-refractivity contribution in [3.05, 3.63) is 36.7 Å². The van der Waals surface area contributed by atoms with Gasteiger partial charge >= 0.3 is 0 Å². The van der Waals surface area contributed by atoms with Gasteiger partial charge in [-0.05, 0) is 51.0 Å². The third-order valence-electron chi connectivity index (χ3n) is 6.73. The average Bonchev–Trinajstić information content (AvgIpc) is 3.23. The van der Waals surface area contributed by atoms with Crippen molar-refractivity contribution in [2.24, 2.45) is 0 Å². The van der Waals surface area contributed by atoms with Crippen LogP contribution >= 0.6 is 0 Å². The van der Waals surface area contributed by atoms with Gasteiger partial charge in [-0.25, -0.2) is 9.67 Å². The van der Waals surface area contributed by atoms with Crippen LogP contribution in [0, 0.1) is 0 Å². The summed E-state index contributed by atoms with van der Waals surface area (Å²) in [6.45, 7) is 8.32. The van der Waals surface area contributed by atoms with Crippen LogP contribution in [0.3, 0.4) is 0 Å². The number of nitrogens with one attached hydrogen (secondary N) is 1. The Morgan fingerprint density at radius 3 is 2.42 bits per heavy atom. The second-order valence-corrected chi connectivity index (χ2v) is 10.1. The Labute approximate surface area is 195 Å². The van der Waals surface area contributed by atoms with E-state index in [0.717, 1.165) is 42.9 Å². The SMILES string of the molecule is CC(C)(O)CN1CCN(c2ccc(Nc3ncc4cnn(C5CCCCC5)c4n3)cc2)CC1. The molecule has 2 aromatic heterocycles. The van der Waals surface area contributed by atoms with Crippen molar-refractivity contribution in [3.63, 3.8) is 0 Å². The number of aromatic nitrogens is 4. The number of β-amino-alcohol motifs (C(OH)–C–C–N with tert-alkyl or cyclic N) is 1. The summed E-state index contributed by atoms with van der Waals surface area (Å²) in [5.74, 6) is 0.605. The van der Waals surface area contributed by atoms with Crippen LogP contribution in [0.2, 0.25) is 0 Å². The molecule has 0 spiro atoms. The van der Waals surface area contributed by atoms with Gasteiger partial charge in [0.05, 0.1) is 23.2 Å². The lowest BCUT2D eigenvalue weighted by atomic mass is 9.96. The highest BCUT2D eigenvalue weighted by molar-refractivity contribution is 5.75. The van der Waals surface area contributed by atoms with Gasteiger partial charge in [-0.3, -0.25) is 4.90 Å². The molecule has 1 saturated heterocycles. The van der Waals surface area contributed by atoms with Gasteiger partial charge in [-0.15, -0.1) is 0 Å². The van der Waals surface area contributed by atoms with E-state index < -0.39 is 5.60 Å². The largest absolute Gasteiger partial charge is 0.389 e. The van der Waals surface area contributed by atoms with Crippen molar-refractivity contribution in [1.29, 1.82) is 0 Å². The Hall–Kier alpha value is -2.71. The molecule has 8 heteroatoms. The summed E-state index contributed by atoms with van der Waals surface area (Å²) in [6.07, 6.45) is 9.95. The maximum atomic E-state index is 10.1. The fraction of sp³-hybridized carbons (Fsp3) is 0.560. The molecule has 0 amide bonds. The molecule has 2 N–H and O–H groups in total.